The van der Waals surface area contributed by atoms with Gasteiger partial charge in [0.2, 0.25) is 5.91 Å². The smallest absolute Gasteiger partial charge is 0.254 e. The minimum absolute atomic E-state index is 0.0295. The van der Waals surface area contributed by atoms with Crippen molar-refractivity contribution in [3.05, 3.63) is 30.1 Å². The molecule has 2 aliphatic heterocycles. The quantitative estimate of drug-likeness (QED) is 0.782. The fraction of sp³-hybridized carbons (Fsp3) is 0.588. The summed E-state index contributed by atoms with van der Waals surface area (Å²) in [5, 5.41) is 0. The molecule has 2 fully saturated rings. The van der Waals surface area contributed by atoms with E-state index >= 15 is 0 Å². The number of carbonyl (C=O) groups is 2. The third-order valence-electron chi connectivity index (χ3n) is 4.77. The molecule has 2 unspecified atom stereocenters. The van der Waals surface area contributed by atoms with Crippen LogP contribution in [0.25, 0.3) is 0 Å². The maximum Gasteiger partial charge on any atom is 0.254 e. The second kappa shape index (κ2) is 6.74. The van der Waals surface area contributed by atoms with Crippen LogP contribution >= 0.6 is 0 Å². The highest BCUT2D eigenvalue weighted by Crippen LogP contribution is 2.29. The average Bonchev–Trinajstić information content (AvgIpc) is 2.88. The number of fused-ring (bicyclic) bond motifs is 1. The molecule has 3 heterocycles. The van der Waals surface area contributed by atoms with E-state index in [0.717, 1.165) is 0 Å². The lowest BCUT2D eigenvalue weighted by Crippen LogP contribution is -2.62. The molecule has 0 aromatic carbocycles. The lowest BCUT2D eigenvalue weighted by Gasteiger charge is -2.44. The van der Waals surface area contributed by atoms with Crippen LogP contribution in [-0.2, 0) is 14.6 Å². The van der Waals surface area contributed by atoms with Crippen LogP contribution < -0.4 is 0 Å². The predicted octanol–water partition coefficient (Wildman–Crippen LogP) is 0.578. The summed E-state index contributed by atoms with van der Waals surface area (Å²) in [5.74, 6) is -0.175. The Balaban J connectivity index is 1.86. The standard InChI is InChI=1S/C17H23N3O4S/c1-12(2)9-16(21)19-7-8-20(15-11-25(23,24)10-14(15)19)17(22)13-3-5-18-6-4-13/h3-6,12,14-15H,7-11H2,1-2H3. The minimum atomic E-state index is -3.27. The Morgan fingerprint density at radius 2 is 1.68 bits per heavy atom. The zero-order valence-corrected chi connectivity index (χ0v) is 15.3. The summed E-state index contributed by atoms with van der Waals surface area (Å²) in [4.78, 5) is 32.5. The van der Waals surface area contributed by atoms with E-state index in [1.165, 1.54) is 0 Å². The van der Waals surface area contributed by atoms with Gasteiger partial charge in [0, 0.05) is 37.5 Å². The molecule has 0 saturated carbocycles. The summed E-state index contributed by atoms with van der Waals surface area (Å²) in [5.41, 5.74) is 0.486. The van der Waals surface area contributed by atoms with E-state index in [0.29, 0.717) is 25.1 Å². The Labute approximate surface area is 147 Å². The molecule has 1 aromatic heterocycles. The molecule has 25 heavy (non-hydrogen) atoms. The van der Waals surface area contributed by atoms with Gasteiger partial charge in [-0.05, 0) is 18.1 Å². The fourth-order valence-electron chi connectivity index (χ4n) is 3.64. The zero-order chi connectivity index (χ0) is 18.2. The number of pyridine rings is 1. The molecule has 0 spiro atoms. The first-order valence-electron chi connectivity index (χ1n) is 8.49. The van der Waals surface area contributed by atoms with Gasteiger partial charge in [-0.1, -0.05) is 13.8 Å². The molecule has 2 atom stereocenters. The first-order chi connectivity index (χ1) is 11.8. The van der Waals surface area contributed by atoms with E-state index in [9.17, 15) is 18.0 Å². The van der Waals surface area contributed by atoms with Gasteiger partial charge >= 0.3 is 0 Å². The van der Waals surface area contributed by atoms with E-state index in [2.05, 4.69) is 4.98 Å². The molecular weight excluding hydrogens is 342 g/mol. The zero-order valence-electron chi connectivity index (χ0n) is 14.5. The third-order valence-corrected chi connectivity index (χ3v) is 6.47. The number of hydrogen-bond donors (Lipinski definition) is 0. The van der Waals surface area contributed by atoms with Crippen LogP contribution in [0.5, 0.6) is 0 Å². The van der Waals surface area contributed by atoms with Crippen LogP contribution in [0.4, 0.5) is 0 Å². The van der Waals surface area contributed by atoms with E-state index in [4.69, 9.17) is 0 Å². The van der Waals surface area contributed by atoms with Gasteiger partial charge < -0.3 is 9.80 Å². The normalized spacial score (nSPS) is 25.1. The number of amides is 2. The molecule has 0 N–H and O–H groups in total. The Bertz CT molecular complexity index is 763. The van der Waals surface area contributed by atoms with Crippen molar-refractivity contribution in [2.75, 3.05) is 24.6 Å². The van der Waals surface area contributed by atoms with Crippen molar-refractivity contribution >= 4 is 21.7 Å². The van der Waals surface area contributed by atoms with E-state index in [1.54, 1.807) is 34.3 Å². The van der Waals surface area contributed by atoms with Crippen LogP contribution in [0.15, 0.2) is 24.5 Å². The molecule has 0 aliphatic carbocycles. The van der Waals surface area contributed by atoms with Gasteiger partial charge in [0.05, 0.1) is 23.6 Å². The van der Waals surface area contributed by atoms with Gasteiger partial charge in [-0.3, -0.25) is 14.6 Å². The second-order valence-electron chi connectivity index (χ2n) is 7.13. The summed E-state index contributed by atoms with van der Waals surface area (Å²) >= 11 is 0. The molecule has 0 radical (unpaired) electrons. The van der Waals surface area contributed by atoms with Gasteiger partial charge in [-0.15, -0.1) is 0 Å². The Hall–Kier alpha value is -1.96. The number of hydrogen-bond acceptors (Lipinski definition) is 5. The van der Waals surface area contributed by atoms with Crippen molar-refractivity contribution in [2.45, 2.75) is 32.4 Å². The van der Waals surface area contributed by atoms with Crippen molar-refractivity contribution in [3.8, 4) is 0 Å². The largest absolute Gasteiger partial charge is 0.335 e. The average molecular weight is 365 g/mol. The molecule has 8 heteroatoms. The minimum Gasteiger partial charge on any atom is -0.335 e. The highest BCUT2D eigenvalue weighted by atomic mass is 32.2. The highest BCUT2D eigenvalue weighted by Gasteiger charge is 2.49. The molecule has 0 bridgehead atoms. The summed E-state index contributed by atoms with van der Waals surface area (Å²) in [6.45, 7) is 4.65. The molecular formula is C17H23N3O4S. The molecule has 7 nitrogen and oxygen atoms in total. The van der Waals surface area contributed by atoms with Gasteiger partial charge in [0.1, 0.15) is 0 Å². The van der Waals surface area contributed by atoms with Crippen molar-refractivity contribution in [3.63, 3.8) is 0 Å². The number of rotatable bonds is 3. The fourth-order valence-corrected chi connectivity index (χ4v) is 5.62. The lowest BCUT2D eigenvalue weighted by atomic mass is 10.0. The van der Waals surface area contributed by atoms with Crippen LogP contribution in [0.2, 0.25) is 0 Å². The summed E-state index contributed by atoms with van der Waals surface area (Å²) < 4.78 is 24.4. The first kappa shape index (κ1) is 17.8. The molecule has 136 valence electrons. The lowest BCUT2D eigenvalue weighted by molar-refractivity contribution is -0.137. The highest BCUT2D eigenvalue weighted by molar-refractivity contribution is 7.91. The van der Waals surface area contributed by atoms with Gasteiger partial charge in [-0.25, -0.2) is 8.42 Å². The van der Waals surface area contributed by atoms with E-state index < -0.39 is 21.9 Å². The molecule has 2 amide bonds. The van der Waals surface area contributed by atoms with Gasteiger partial charge in [-0.2, -0.15) is 0 Å². The number of nitrogens with zero attached hydrogens (tertiary/aromatic N) is 3. The maximum absolute atomic E-state index is 12.8. The molecule has 1 aromatic rings. The molecule has 2 aliphatic rings. The molecule has 2 saturated heterocycles. The topological polar surface area (TPSA) is 87.7 Å². The van der Waals surface area contributed by atoms with Crippen molar-refractivity contribution < 1.29 is 18.0 Å². The summed E-state index contributed by atoms with van der Waals surface area (Å²) in [6, 6.07) is 2.32. The number of sulfone groups is 1. The summed E-state index contributed by atoms with van der Waals surface area (Å²) in [7, 11) is -3.27. The number of aromatic nitrogens is 1. The molecule has 3 rings (SSSR count). The summed E-state index contributed by atoms with van der Waals surface area (Å²) in [6.07, 6.45) is 3.47. The number of carbonyl (C=O) groups excluding carboxylic acids is 2. The monoisotopic (exact) mass is 365 g/mol. The van der Waals surface area contributed by atoms with E-state index in [1.807, 2.05) is 13.8 Å². The van der Waals surface area contributed by atoms with Crippen LogP contribution in [-0.4, -0.2) is 71.7 Å². The van der Waals surface area contributed by atoms with Crippen LogP contribution in [0, 0.1) is 5.92 Å². The predicted molar refractivity (Wildman–Crippen MR) is 92.7 cm³/mol. The van der Waals surface area contributed by atoms with Crippen LogP contribution in [0.3, 0.4) is 0 Å². The third kappa shape index (κ3) is 3.68. The second-order valence-corrected chi connectivity index (χ2v) is 9.28. The maximum atomic E-state index is 12.8. The number of piperazine rings is 1. The Kier molecular flexibility index (Phi) is 4.81. The van der Waals surface area contributed by atoms with Crippen LogP contribution in [0.1, 0.15) is 30.6 Å². The van der Waals surface area contributed by atoms with Gasteiger partial charge in [0.25, 0.3) is 5.91 Å². The van der Waals surface area contributed by atoms with Crippen molar-refractivity contribution in [1.29, 1.82) is 0 Å². The Morgan fingerprint density at radius 3 is 2.28 bits per heavy atom. The first-order valence-corrected chi connectivity index (χ1v) is 10.3. The van der Waals surface area contributed by atoms with Crippen molar-refractivity contribution in [1.82, 2.24) is 14.8 Å². The van der Waals surface area contributed by atoms with Gasteiger partial charge in [0.15, 0.2) is 9.84 Å². The van der Waals surface area contributed by atoms with Crippen molar-refractivity contribution in [2.24, 2.45) is 5.92 Å². The SMILES string of the molecule is CC(C)CC(=O)N1CCN(C(=O)c2ccncc2)C2CS(=O)(=O)CC21. The Morgan fingerprint density at radius 1 is 1.12 bits per heavy atom. The van der Waals surface area contributed by atoms with E-state index in [-0.39, 0.29) is 29.2 Å².